The number of alkyl carbamates (subject to hydrolysis) is 1. The van der Waals surface area contributed by atoms with Gasteiger partial charge < -0.3 is 25.8 Å². The predicted octanol–water partition coefficient (Wildman–Crippen LogP) is 2.34. The van der Waals surface area contributed by atoms with Gasteiger partial charge in [0, 0.05) is 24.8 Å². The van der Waals surface area contributed by atoms with Crippen LogP contribution >= 0.6 is 0 Å². The van der Waals surface area contributed by atoms with Gasteiger partial charge in [0.25, 0.3) is 0 Å². The first-order valence-corrected chi connectivity index (χ1v) is 7.48. The first-order chi connectivity index (χ1) is 10.8. The molecule has 0 aliphatic heterocycles. The minimum Gasteiger partial charge on any atom is -0.497 e. The SMILES string of the molecule is COc1cccc(NC(N)=NCCCNC(=O)OC(C)(C)C)c1. The molecule has 0 saturated carbocycles. The minimum absolute atomic E-state index is 0.315. The molecular weight excluding hydrogens is 296 g/mol. The number of methoxy groups -OCH3 is 1. The van der Waals surface area contributed by atoms with E-state index >= 15 is 0 Å². The molecule has 0 spiro atoms. The molecule has 4 N–H and O–H groups in total. The number of nitrogens with zero attached hydrogens (tertiary/aromatic N) is 1. The highest BCUT2D eigenvalue weighted by Gasteiger charge is 2.15. The van der Waals surface area contributed by atoms with E-state index in [0.29, 0.717) is 25.5 Å². The van der Waals surface area contributed by atoms with Crippen molar-refractivity contribution < 1.29 is 14.3 Å². The largest absolute Gasteiger partial charge is 0.497 e. The van der Waals surface area contributed by atoms with Gasteiger partial charge in [0.1, 0.15) is 11.4 Å². The van der Waals surface area contributed by atoms with Crippen LogP contribution in [0.4, 0.5) is 10.5 Å². The summed E-state index contributed by atoms with van der Waals surface area (Å²) in [7, 11) is 1.61. The maximum atomic E-state index is 11.4. The number of hydrogen-bond donors (Lipinski definition) is 3. The van der Waals surface area contributed by atoms with E-state index in [9.17, 15) is 4.79 Å². The standard InChI is InChI=1S/C16H26N4O3/c1-16(2,3)23-15(21)19-10-6-9-18-14(17)20-12-7-5-8-13(11-12)22-4/h5,7-8,11H,6,9-10H2,1-4H3,(H,19,21)(H3,17,18,20). The van der Waals surface area contributed by atoms with Crippen LogP contribution in [0.3, 0.4) is 0 Å². The molecule has 0 heterocycles. The summed E-state index contributed by atoms with van der Waals surface area (Å²) in [6.45, 7) is 6.44. The summed E-state index contributed by atoms with van der Waals surface area (Å²) in [5, 5.41) is 5.65. The summed E-state index contributed by atoms with van der Waals surface area (Å²) in [6, 6.07) is 7.40. The van der Waals surface area contributed by atoms with Crippen molar-refractivity contribution in [2.45, 2.75) is 32.8 Å². The van der Waals surface area contributed by atoms with Gasteiger partial charge in [-0.05, 0) is 39.3 Å². The first kappa shape index (κ1) is 18.6. The number of nitrogens with two attached hydrogens (primary N) is 1. The Bertz CT molecular complexity index is 538. The number of anilines is 1. The van der Waals surface area contributed by atoms with Crippen molar-refractivity contribution in [3.8, 4) is 5.75 Å². The molecular formula is C16H26N4O3. The lowest BCUT2D eigenvalue weighted by Gasteiger charge is -2.19. The number of hydrogen-bond acceptors (Lipinski definition) is 4. The highest BCUT2D eigenvalue weighted by molar-refractivity contribution is 5.92. The van der Waals surface area contributed by atoms with E-state index in [1.54, 1.807) is 7.11 Å². The van der Waals surface area contributed by atoms with Crippen molar-refractivity contribution in [3.63, 3.8) is 0 Å². The molecule has 7 nitrogen and oxygen atoms in total. The van der Waals surface area contributed by atoms with Crippen molar-refractivity contribution in [3.05, 3.63) is 24.3 Å². The second-order valence-electron chi connectivity index (χ2n) is 5.91. The van der Waals surface area contributed by atoms with E-state index in [1.165, 1.54) is 0 Å². The molecule has 0 atom stereocenters. The van der Waals surface area contributed by atoms with Gasteiger partial charge in [-0.15, -0.1) is 0 Å². The summed E-state index contributed by atoms with van der Waals surface area (Å²) in [5.41, 5.74) is 6.12. The van der Waals surface area contributed by atoms with Gasteiger partial charge in [0.2, 0.25) is 0 Å². The number of carbonyl (C=O) groups excluding carboxylic acids is 1. The predicted molar refractivity (Wildman–Crippen MR) is 92.0 cm³/mol. The van der Waals surface area contributed by atoms with Crippen LogP contribution in [0, 0.1) is 0 Å². The van der Waals surface area contributed by atoms with Crippen molar-refractivity contribution >= 4 is 17.7 Å². The van der Waals surface area contributed by atoms with E-state index in [1.807, 2.05) is 45.0 Å². The molecule has 1 aromatic rings. The molecule has 1 rings (SSSR count). The van der Waals surface area contributed by atoms with Crippen LogP contribution in [0.2, 0.25) is 0 Å². The number of amides is 1. The molecule has 128 valence electrons. The molecule has 0 unspecified atom stereocenters. The number of benzene rings is 1. The van der Waals surface area contributed by atoms with Crippen molar-refractivity contribution in [2.24, 2.45) is 10.7 Å². The van der Waals surface area contributed by atoms with Crippen LogP contribution in [0.1, 0.15) is 27.2 Å². The number of guanidine groups is 1. The second kappa shape index (κ2) is 8.87. The Labute approximate surface area is 137 Å². The lowest BCUT2D eigenvalue weighted by molar-refractivity contribution is 0.0527. The van der Waals surface area contributed by atoms with Gasteiger partial charge in [-0.3, -0.25) is 4.99 Å². The summed E-state index contributed by atoms with van der Waals surface area (Å²) in [6.07, 6.45) is 0.240. The summed E-state index contributed by atoms with van der Waals surface area (Å²) in [4.78, 5) is 15.6. The van der Waals surface area contributed by atoms with E-state index in [-0.39, 0.29) is 0 Å². The third-order valence-corrected chi connectivity index (χ3v) is 2.63. The molecule has 23 heavy (non-hydrogen) atoms. The van der Waals surface area contributed by atoms with Gasteiger partial charge in [0.15, 0.2) is 5.96 Å². The Hall–Kier alpha value is -2.44. The topological polar surface area (TPSA) is 98.0 Å². The summed E-state index contributed by atoms with van der Waals surface area (Å²) < 4.78 is 10.3. The molecule has 1 amide bonds. The fourth-order valence-electron chi connectivity index (χ4n) is 1.67. The number of aliphatic imine (C=N–C) groups is 1. The maximum absolute atomic E-state index is 11.4. The van der Waals surface area contributed by atoms with Crippen LogP contribution < -0.4 is 21.1 Å². The van der Waals surface area contributed by atoms with Gasteiger partial charge in [-0.1, -0.05) is 6.07 Å². The van der Waals surface area contributed by atoms with Crippen LogP contribution in [0.25, 0.3) is 0 Å². The molecule has 0 aliphatic carbocycles. The van der Waals surface area contributed by atoms with E-state index in [4.69, 9.17) is 15.2 Å². The molecule has 7 heteroatoms. The number of ether oxygens (including phenoxy) is 2. The Balaban J connectivity index is 2.27. The summed E-state index contributed by atoms with van der Waals surface area (Å²) in [5.74, 6) is 1.06. The molecule has 1 aromatic carbocycles. The summed E-state index contributed by atoms with van der Waals surface area (Å²) >= 11 is 0. The Morgan fingerprint density at radius 1 is 1.35 bits per heavy atom. The molecule has 0 fully saturated rings. The number of nitrogens with one attached hydrogen (secondary N) is 2. The molecule has 0 radical (unpaired) electrons. The Kier molecular flexibility index (Phi) is 7.18. The lowest BCUT2D eigenvalue weighted by Crippen LogP contribution is -2.33. The zero-order chi connectivity index (χ0) is 17.3. The lowest BCUT2D eigenvalue weighted by atomic mass is 10.2. The van der Waals surface area contributed by atoms with Crippen LogP contribution in [0.15, 0.2) is 29.3 Å². The smallest absolute Gasteiger partial charge is 0.407 e. The van der Waals surface area contributed by atoms with Crippen LogP contribution in [-0.4, -0.2) is 37.9 Å². The molecule has 0 bridgehead atoms. The van der Waals surface area contributed by atoms with Gasteiger partial charge in [-0.25, -0.2) is 4.79 Å². The zero-order valence-corrected chi connectivity index (χ0v) is 14.2. The highest BCUT2D eigenvalue weighted by Crippen LogP contribution is 2.16. The molecule has 0 aliphatic rings. The highest BCUT2D eigenvalue weighted by atomic mass is 16.6. The third kappa shape index (κ3) is 8.55. The van der Waals surface area contributed by atoms with Crippen LogP contribution in [0.5, 0.6) is 5.75 Å². The average Bonchev–Trinajstić information content (AvgIpc) is 2.45. The number of carbonyl (C=O) groups is 1. The maximum Gasteiger partial charge on any atom is 0.407 e. The first-order valence-electron chi connectivity index (χ1n) is 7.48. The fourth-order valence-corrected chi connectivity index (χ4v) is 1.67. The Morgan fingerprint density at radius 2 is 2.09 bits per heavy atom. The normalized spacial score (nSPS) is 11.7. The quantitative estimate of drug-likeness (QED) is 0.424. The average molecular weight is 322 g/mol. The molecule has 0 aromatic heterocycles. The monoisotopic (exact) mass is 322 g/mol. The van der Waals surface area contributed by atoms with Gasteiger partial charge in [0.05, 0.1) is 7.11 Å². The van der Waals surface area contributed by atoms with Crippen LogP contribution in [-0.2, 0) is 4.74 Å². The van der Waals surface area contributed by atoms with Crippen molar-refractivity contribution in [1.82, 2.24) is 5.32 Å². The fraction of sp³-hybridized carbons (Fsp3) is 0.500. The molecule has 0 saturated heterocycles. The Morgan fingerprint density at radius 3 is 2.74 bits per heavy atom. The third-order valence-electron chi connectivity index (χ3n) is 2.63. The zero-order valence-electron chi connectivity index (χ0n) is 14.2. The van der Waals surface area contributed by atoms with E-state index in [0.717, 1.165) is 11.4 Å². The van der Waals surface area contributed by atoms with Gasteiger partial charge >= 0.3 is 6.09 Å². The van der Waals surface area contributed by atoms with E-state index in [2.05, 4.69) is 15.6 Å². The number of rotatable bonds is 6. The van der Waals surface area contributed by atoms with Gasteiger partial charge in [-0.2, -0.15) is 0 Å². The van der Waals surface area contributed by atoms with Crippen molar-refractivity contribution in [2.75, 3.05) is 25.5 Å². The van der Waals surface area contributed by atoms with E-state index < -0.39 is 11.7 Å². The second-order valence-corrected chi connectivity index (χ2v) is 5.91. The van der Waals surface area contributed by atoms with Crippen molar-refractivity contribution in [1.29, 1.82) is 0 Å². The minimum atomic E-state index is -0.493.